The molecule has 0 unspecified atom stereocenters. The lowest BCUT2D eigenvalue weighted by atomic mass is 10.4. The van der Waals surface area contributed by atoms with Crippen LogP contribution in [0.4, 0.5) is 0 Å². The summed E-state index contributed by atoms with van der Waals surface area (Å²) in [4.78, 5) is 0. The van der Waals surface area contributed by atoms with Gasteiger partial charge in [0, 0.05) is 6.54 Å². The van der Waals surface area contributed by atoms with Crippen molar-refractivity contribution in [3.05, 3.63) is 12.7 Å². The number of nitrogens with zero attached hydrogens (tertiary/aromatic N) is 1. The summed E-state index contributed by atoms with van der Waals surface area (Å²) in [6.07, 6.45) is 2.48. The van der Waals surface area contributed by atoms with Gasteiger partial charge in [0.15, 0.2) is 0 Å². The third kappa shape index (κ3) is 3.77. The first kappa shape index (κ1) is 7.59. The molecule has 3 heteroatoms. The van der Waals surface area contributed by atoms with E-state index >= 15 is 0 Å². The first-order chi connectivity index (χ1) is 3.81. The molecule has 0 aromatic rings. The molecule has 8 heavy (non-hydrogen) atoms. The van der Waals surface area contributed by atoms with Gasteiger partial charge in [-0.1, -0.05) is 18.3 Å². The summed E-state index contributed by atoms with van der Waals surface area (Å²) in [5.74, 6) is 0. The number of thiocarbonyl (C=S) groups is 1. The van der Waals surface area contributed by atoms with E-state index in [1.165, 1.54) is 5.49 Å². The molecule has 1 N–H and O–H groups in total. The Kier molecular flexibility index (Phi) is 4.50. The molecule has 0 aromatic heterocycles. The van der Waals surface area contributed by atoms with Crippen LogP contribution in [0.5, 0.6) is 0 Å². The van der Waals surface area contributed by atoms with Gasteiger partial charge in [-0.05, 0) is 6.42 Å². The molecular weight excluding hydrogens is 122 g/mol. The Labute approximate surface area is 54.4 Å². The van der Waals surface area contributed by atoms with E-state index in [2.05, 4.69) is 18.8 Å². The number of rotatable bonds is 4. The summed E-state index contributed by atoms with van der Waals surface area (Å²) in [5.41, 5.74) is 1.20. The minimum Gasteiger partial charge on any atom is -0.288 e. The number of hydrogen-bond donors (Lipinski definition) is 1. The van der Waals surface area contributed by atoms with Crippen molar-refractivity contribution in [2.45, 2.75) is 6.42 Å². The SMILES string of the molecule is C=CCCN(O)C=S. The van der Waals surface area contributed by atoms with Crippen molar-refractivity contribution < 1.29 is 5.21 Å². The zero-order valence-electron chi connectivity index (χ0n) is 4.58. The van der Waals surface area contributed by atoms with Gasteiger partial charge in [0.2, 0.25) is 0 Å². The highest BCUT2D eigenvalue weighted by atomic mass is 32.1. The molecule has 46 valence electrons. The summed E-state index contributed by atoms with van der Waals surface area (Å²) in [7, 11) is 0. The topological polar surface area (TPSA) is 23.5 Å². The third-order valence-electron chi connectivity index (χ3n) is 0.684. The fourth-order valence-corrected chi connectivity index (χ4v) is 0.382. The molecule has 0 saturated heterocycles. The largest absolute Gasteiger partial charge is 0.288 e. The fourth-order valence-electron chi connectivity index (χ4n) is 0.276. The Balaban J connectivity index is 3.09. The fraction of sp³-hybridized carbons (Fsp3) is 0.400. The molecule has 0 bridgehead atoms. The Hall–Kier alpha value is -0.410. The molecule has 0 saturated carbocycles. The first-order valence-electron chi connectivity index (χ1n) is 2.33. The van der Waals surface area contributed by atoms with E-state index < -0.39 is 0 Å². The highest BCUT2D eigenvalue weighted by Gasteiger charge is 1.86. The molecule has 0 aromatic carbocycles. The van der Waals surface area contributed by atoms with Crippen molar-refractivity contribution in [2.75, 3.05) is 6.54 Å². The second-order valence-electron chi connectivity index (χ2n) is 1.35. The van der Waals surface area contributed by atoms with Gasteiger partial charge in [0.25, 0.3) is 0 Å². The average Bonchev–Trinajstić information content (AvgIpc) is 1.83. The predicted octanol–water partition coefficient (Wildman–Crippen LogP) is 1.21. The summed E-state index contributed by atoms with van der Waals surface area (Å²) in [6, 6.07) is 0. The second kappa shape index (κ2) is 4.74. The van der Waals surface area contributed by atoms with Crippen molar-refractivity contribution >= 4 is 17.7 Å². The first-order valence-corrected chi connectivity index (χ1v) is 2.80. The zero-order valence-corrected chi connectivity index (χ0v) is 5.40. The van der Waals surface area contributed by atoms with Gasteiger partial charge >= 0.3 is 0 Å². The lowest BCUT2D eigenvalue weighted by Crippen LogP contribution is -2.15. The summed E-state index contributed by atoms with van der Waals surface area (Å²) in [6.45, 7) is 4.02. The Morgan fingerprint density at radius 1 is 1.75 bits per heavy atom. The molecule has 0 radical (unpaired) electrons. The van der Waals surface area contributed by atoms with Gasteiger partial charge in [-0.25, -0.2) is 0 Å². The van der Waals surface area contributed by atoms with Crippen LogP contribution in [0.1, 0.15) is 6.42 Å². The van der Waals surface area contributed by atoms with E-state index in [0.29, 0.717) is 6.54 Å². The molecular formula is C5H9NOS. The van der Waals surface area contributed by atoms with Crippen LogP contribution in [-0.4, -0.2) is 22.3 Å². The average molecular weight is 131 g/mol. The smallest absolute Gasteiger partial charge is 0.0902 e. The van der Waals surface area contributed by atoms with Crippen LogP contribution in [0.3, 0.4) is 0 Å². The lowest BCUT2D eigenvalue weighted by Gasteiger charge is -2.05. The van der Waals surface area contributed by atoms with Crippen LogP contribution in [0, 0.1) is 0 Å². The summed E-state index contributed by atoms with van der Waals surface area (Å²) >= 11 is 4.40. The zero-order chi connectivity index (χ0) is 6.41. The minimum atomic E-state index is 0.535. The van der Waals surface area contributed by atoms with E-state index in [1.54, 1.807) is 6.08 Å². The highest BCUT2D eigenvalue weighted by molar-refractivity contribution is 7.78. The van der Waals surface area contributed by atoms with Gasteiger partial charge in [0.05, 0.1) is 5.49 Å². The molecule has 0 rings (SSSR count). The van der Waals surface area contributed by atoms with Crippen molar-refractivity contribution in [2.24, 2.45) is 0 Å². The van der Waals surface area contributed by atoms with Crippen LogP contribution in [0.25, 0.3) is 0 Å². The van der Waals surface area contributed by atoms with Gasteiger partial charge in [-0.3, -0.25) is 10.3 Å². The van der Waals surface area contributed by atoms with Gasteiger partial charge in [-0.2, -0.15) is 0 Å². The number of hydroxylamine groups is 2. The Bertz CT molecular complexity index is 84.5. The van der Waals surface area contributed by atoms with Gasteiger partial charge in [-0.15, -0.1) is 6.58 Å². The van der Waals surface area contributed by atoms with E-state index in [1.807, 2.05) is 0 Å². The maximum absolute atomic E-state index is 8.61. The maximum atomic E-state index is 8.61. The highest BCUT2D eigenvalue weighted by Crippen LogP contribution is 1.82. The van der Waals surface area contributed by atoms with Crippen molar-refractivity contribution in [1.82, 2.24) is 5.06 Å². The van der Waals surface area contributed by atoms with Crippen LogP contribution < -0.4 is 0 Å². The van der Waals surface area contributed by atoms with Crippen molar-refractivity contribution in [3.8, 4) is 0 Å². The van der Waals surface area contributed by atoms with Gasteiger partial charge < -0.3 is 0 Å². The van der Waals surface area contributed by atoms with E-state index in [9.17, 15) is 0 Å². The lowest BCUT2D eigenvalue weighted by molar-refractivity contribution is -0.00383. The molecule has 0 fully saturated rings. The molecule has 2 nitrogen and oxygen atoms in total. The molecule has 0 aliphatic carbocycles. The third-order valence-corrected chi connectivity index (χ3v) is 0.927. The number of hydrogen-bond acceptors (Lipinski definition) is 2. The summed E-state index contributed by atoms with van der Waals surface area (Å²) < 4.78 is 0. The molecule has 0 atom stereocenters. The van der Waals surface area contributed by atoms with Crippen molar-refractivity contribution in [1.29, 1.82) is 0 Å². The van der Waals surface area contributed by atoms with Crippen LogP contribution in [-0.2, 0) is 0 Å². The predicted molar refractivity (Wildman–Crippen MR) is 37.0 cm³/mol. The minimum absolute atomic E-state index is 0.535. The normalized spacial score (nSPS) is 8.12. The van der Waals surface area contributed by atoms with Crippen LogP contribution in [0.2, 0.25) is 0 Å². The van der Waals surface area contributed by atoms with Crippen LogP contribution in [0.15, 0.2) is 12.7 Å². The monoisotopic (exact) mass is 131 g/mol. The molecule has 0 heterocycles. The summed E-state index contributed by atoms with van der Waals surface area (Å²) in [5, 5.41) is 9.57. The van der Waals surface area contributed by atoms with Crippen LogP contribution >= 0.6 is 12.2 Å². The Morgan fingerprint density at radius 2 is 2.38 bits per heavy atom. The molecule has 0 amide bonds. The van der Waals surface area contributed by atoms with Gasteiger partial charge in [0.1, 0.15) is 0 Å². The standard InChI is InChI=1S/C5H9NOS/c1-2-3-4-6(7)5-8/h2,5,7H,1,3-4H2. The van der Waals surface area contributed by atoms with Crippen molar-refractivity contribution in [3.63, 3.8) is 0 Å². The van der Waals surface area contributed by atoms with E-state index in [-0.39, 0.29) is 0 Å². The molecule has 0 aliphatic rings. The molecule has 0 aliphatic heterocycles. The maximum Gasteiger partial charge on any atom is 0.0902 e. The van der Waals surface area contributed by atoms with E-state index in [0.717, 1.165) is 11.5 Å². The quantitative estimate of drug-likeness (QED) is 0.352. The second-order valence-corrected chi connectivity index (χ2v) is 1.56. The molecule has 0 spiro atoms. The Morgan fingerprint density at radius 3 is 2.75 bits per heavy atom. The van der Waals surface area contributed by atoms with E-state index in [4.69, 9.17) is 5.21 Å².